The first-order valence-corrected chi connectivity index (χ1v) is 5.96. The topological polar surface area (TPSA) is 67.4 Å². The van der Waals surface area contributed by atoms with Gasteiger partial charge < -0.3 is 10.1 Å². The normalized spacial score (nSPS) is 27.2. The van der Waals surface area contributed by atoms with Crippen LogP contribution in [0.2, 0.25) is 0 Å². The van der Waals surface area contributed by atoms with E-state index < -0.39 is 0 Å². The smallest absolute Gasteiger partial charge is 0.325 e. The molecular formula is C11H18N2O3. The van der Waals surface area contributed by atoms with Crippen LogP contribution in [-0.2, 0) is 14.3 Å². The minimum atomic E-state index is -0.375. The van der Waals surface area contributed by atoms with Crippen molar-refractivity contribution >= 4 is 11.9 Å². The summed E-state index contributed by atoms with van der Waals surface area (Å²) in [5, 5.41) is 5.52. The molecule has 90 valence electrons. The fourth-order valence-electron chi connectivity index (χ4n) is 2.16. The highest BCUT2D eigenvalue weighted by atomic mass is 16.5. The molecule has 0 spiro atoms. The Labute approximate surface area is 94.9 Å². The van der Waals surface area contributed by atoms with Gasteiger partial charge in [0, 0.05) is 6.54 Å². The van der Waals surface area contributed by atoms with Gasteiger partial charge in [-0.25, -0.2) is 0 Å². The van der Waals surface area contributed by atoms with E-state index in [1.54, 1.807) is 0 Å². The van der Waals surface area contributed by atoms with Gasteiger partial charge in [-0.3, -0.25) is 14.9 Å². The predicted molar refractivity (Wildman–Crippen MR) is 57.8 cm³/mol. The molecule has 1 heterocycles. The molecule has 2 aliphatic rings. The number of piperazine rings is 1. The molecule has 0 radical (unpaired) electrons. The lowest BCUT2D eigenvalue weighted by Gasteiger charge is -2.27. The van der Waals surface area contributed by atoms with Crippen LogP contribution in [0, 0.1) is 0 Å². The van der Waals surface area contributed by atoms with Gasteiger partial charge >= 0.3 is 5.97 Å². The van der Waals surface area contributed by atoms with E-state index in [1.165, 1.54) is 6.42 Å². The maximum Gasteiger partial charge on any atom is 0.325 e. The number of carbonyl (C=O) groups excluding carboxylic acids is 2. The molecule has 1 atom stereocenters. The maximum absolute atomic E-state index is 11.7. The summed E-state index contributed by atoms with van der Waals surface area (Å²) in [6, 6.07) is -0.375. The van der Waals surface area contributed by atoms with Crippen LogP contribution in [0.5, 0.6) is 0 Å². The molecule has 1 amide bonds. The van der Waals surface area contributed by atoms with E-state index in [4.69, 9.17) is 4.74 Å². The van der Waals surface area contributed by atoms with Crippen LogP contribution in [0.4, 0.5) is 0 Å². The molecule has 5 nitrogen and oxygen atoms in total. The Morgan fingerprint density at radius 2 is 2.00 bits per heavy atom. The summed E-state index contributed by atoms with van der Waals surface area (Å²) >= 11 is 0. The fraction of sp³-hybridized carbons (Fsp3) is 0.818. The molecular weight excluding hydrogens is 208 g/mol. The molecule has 2 fully saturated rings. The lowest BCUT2D eigenvalue weighted by atomic mass is 9.98. The third kappa shape index (κ3) is 2.95. The highest BCUT2D eigenvalue weighted by Crippen LogP contribution is 2.20. The van der Waals surface area contributed by atoms with E-state index >= 15 is 0 Å². The maximum atomic E-state index is 11.7. The Hall–Kier alpha value is -1.10. The summed E-state index contributed by atoms with van der Waals surface area (Å²) in [4.78, 5) is 22.6. The molecule has 2 N–H and O–H groups in total. The quantitative estimate of drug-likeness (QED) is 0.648. The summed E-state index contributed by atoms with van der Waals surface area (Å²) in [7, 11) is 0. The highest BCUT2D eigenvalue weighted by Gasteiger charge is 2.27. The van der Waals surface area contributed by atoms with Crippen LogP contribution < -0.4 is 10.6 Å². The number of esters is 1. The van der Waals surface area contributed by atoms with Crippen LogP contribution in [-0.4, -0.2) is 37.1 Å². The van der Waals surface area contributed by atoms with Crippen molar-refractivity contribution in [2.24, 2.45) is 0 Å². The molecule has 0 aromatic heterocycles. The minimum Gasteiger partial charge on any atom is -0.461 e. The van der Waals surface area contributed by atoms with Crippen LogP contribution in [0.15, 0.2) is 0 Å². The average molecular weight is 226 g/mol. The number of carbonyl (C=O) groups is 2. The van der Waals surface area contributed by atoms with Gasteiger partial charge in [0.15, 0.2) is 0 Å². The minimum absolute atomic E-state index is 0.0679. The first kappa shape index (κ1) is 11.4. The van der Waals surface area contributed by atoms with Gasteiger partial charge in [-0.05, 0) is 25.7 Å². The Kier molecular flexibility index (Phi) is 3.77. The molecule has 0 aromatic rings. The van der Waals surface area contributed by atoms with Crippen LogP contribution in [0.3, 0.4) is 0 Å². The van der Waals surface area contributed by atoms with Crippen LogP contribution in [0.1, 0.15) is 32.1 Å². The molecule has 2 rings (SSSR count). The van der Waals surface area contributed by atoms with Gasteiger partial charge in [-0.15, -0.1) is 0 Å². The van der Waals surface area contributed by atoms with Crippen LogP contribution >= 0.6 is 0 Å². The van der Waals surface area contributed by atoms with Crippen molar-refractivity contribution in [3.63, 3.8) is 0 Å². The second kappa shape index (κ2) is 5.30. The fourth-order valence-corrected chi connectivity index (χ4v) is 2.16. The average Bonchev–Trinajstić information content (AvgIpc) is 2.31. The van der Waals surface area contributed by atoms with E-state index in [0.29, 0.717) is 6.54 Å². The Balaban J connectivity index is 1.76. The number of hydrogen-bond donors (Lipinski definition) is 2. The molecule has 1 aliphatic carbocycles. The predicted octanol–water partition coefficient (Wildman–Crippen LogP) is -0.0497. The Morgan fingerprint density at radius 3 is 2.62 bits per heavy atom. The van der Waals surface area contributed by atoms with E-state index in [9.17, 15) is 9.59 Å². The Bertz CT molecular complexity index is 264. The second-order valence-electron chi connectivity index (χ2n) is 4.43. The van der Waals surface area contributed by atoms with Crippen molar-refractivity contribution in [1.82, 2.24) is 10.6 Å². The molecule has 1 aliphatic heterocycles. The van der Waals surface area contributed by atoms with E-state index in [-0.39, 0.29) is 30.6 Å². The second-order valence-corrected chi connectivity index (χ2v) is 4.43. The largest absolute Gasteiger partial charge is 0.461 e. The van der Waals surface area contributed by atoms with Crippen molar-refractivity contribution in [2.45, 2.75) is 44.2 Å². The van der Waals surface area contributed by atoms with Crippen molar-refractivity contribution < 1.29 is 14.3 Å². The van der Waals surface area contributed by atoms with Gasteiger partial charge in [0.25, 0.3) is 0 Å². The number of nitrogens with one attached hydrogen (secondary N) is 2. The third-order valence-corrected chi connectivity index (χ3v) is 3.13. The third-order valence-electron chi connectivity index (χ3n) is 3.13. The standard InChI is InChI=1S/C11H18N2O3/c14-10-7-12-9(6-13-10)11(15)16-8-4-2-1-3-5-8/h8-9,12H,1-7H2,(H,13,14). The molecule has 16 heavy (non-hydrogen) atoms. The summed E-state index contributed by atoms with van der Waals surface area (Å²) in [6.07, 6.45) is 5.57. The number of hydrogen-bond acceptors (Lipinski definition) is 4. The van der Waals surface area contributed by atoms with Gasteiger partial charge in [-0.1, -0.05) is 6.42 Å². The van der Waals surface area contributed by atoms with Crippen molar-refractivity contribution in [3.8, 4) is 0 Å². The van der Waals surface area contributed by atoms with E-state index in [2.05, 4.69) is 10.6 Å². The lowest BCUT2D eigenvalue weighted by Crippen LogP contribution is -2.56. The van der Waals surface area contributed by atoms with Crippen LogP contribution in [0.25, 0.3) is 0 Å². The summed E-state index contributed by atoms with van der Waals surface area (Å²) in [5.74, 6) is -0.298. The SMILES string of the molecule is O=C1CNC(C(=O)OC2CCCCC2)CN1. The molecule has 1 unspecified atom stereocenters. The highest BCUT2D eigenvalue weighted by molar-refractivity contribution is 5.83. The number of ether oxygens (including phenoxy) is 1. The Morgan fingerprint density at radius 1 is 1.25 bits per heavy atom. The number of rotatable bonds is 2. The molecule has 0 aromatic carbocycles. The summed E-state index contributed by atoms with van der Waals surface area (Å²) in [6.45, 7) is 0.537. The van der Waals surface area contributed by atoms with Gasteiger partial charge in [0.05, 0.1) is 6.54 Å². The summed E-state index contributed by atoms with van der Waals surface area (Å²) < 4.78 is 5.41. The van der Waals surface area contributed by atoms with Gasteiger partial charge in [-0.2, -0.15) is 0 Å². The van der Waals surface area contributed by atoms with Crippen molar-refractivity contribution in [1.29, 1.82) is 0 Å². The van der Waals surface area contributed by atoms with Gasteiger partial charge in [0.1, 0.15) is 12.1 Å². The van der Waals surface area contributed by atoms with E-state index in [0.717, 1.165) is 25.7 Å². The molecule has 0 bridgehead atoms. The first-order valence-electron chi connectivity index (χ1n) is 5.96. The lowest BCUT2D eigenvalue weighted by molar-refractivity contribution is -0.153. The van der Waals surface area contributed by atoms with Gasteiger partial charge in [0.2, 0.25) is 5.91 Å². The molecule has 1 saturated heterocycles. The zero-order valence-electron chi connectivity index (χ0n) is 9.33. The zero-order valence-corrected chi connectivity index (χ0v) is 9.33. The molecule has 5 heteroatoms. The zero-order chi connectivity index (χ0) is 11.4. The monoisotopic (exact) mass is 226 g/mol. The first-order chi connectivity index (χ1) is 7.75. The van der Waals surface area contributed by atoms with Crippen molar-refractivity contribution in [2.75, 3.05) is 13.1 Å². The number of amides is 1. The van der Waals surface area contributed by atoms with Crippen molar-refractivity contribution in [3.05, 3.63) is 0 Å². The summed E-state index contributed by atoms with van der Waals surface area (Å²) in [5.41, 5.74) is 0. The molecule has 1 saturated carbocycles. The van der Waals surface area contributed by atoms with E-state index in [1.807, 2.05) is 0 Å².